The third kappa shape index (κ3) is 3.68. The zero-order chi connectivity index (χ0) is 14.5. The number of ether oxygens (including phenoxy) is 2. The lowest BCUT2D eigenvalue weighted by atomic mass is 10.0. The first kappa shape index (κ1) is 14.7. The molecule has 108 valence electrons. The number of benzene rings is 1. The Hall–Kier alpha value is -1.66. The molecular formula is C13H14ClNO5. The molecule has 0 unspecified atom stereocenters. The maximum atomic E-state index is 11.9. The van der Waals surface area contributed by atoms with Crippen LogP contribution in [0.1, 0.15) is 23.2 Å². The molecule has 1 saturated heterocycles. The van der Waals surface area contributed by atoms with Gasteiger partial charge >= 0.3 is 5.97 Å². The van der Waals surface area contributed by atoms with Gasteiger partial charge in [-0.3, -0.25) is 10.1 Å². The van der Waals surface area contributed by atoms with Gasteiger partial charge in [0.25, 0.3) is 5.69 Å². The highest BCUT2D eigenvalue weighted by molar-refractivity contribution is 6.33. The molecule has 0 spiro atoms. The molecule has 0 aliphatic carbocycles. The van der Waals surface area contributed by atoms with Crippen molar-refractivity contribution in [2.24, 2.45) is 5.92 Å². The van der Waals surface area contributed by atoms with Crippen molar-refractivity contribution in [1.29, 1.82) is 0 Å². The van der Waals surface area contributed by atoms with Gasteiger partial charge < -0.3 is 9.47 Å². The number of hydrogen-bond acceptors (Lipinski definition) is 5. The van der Waals surface area contributed by atoms with E-state index >= 15 is 0 Å². The van der Waals surface area contributed by atoms with E-state index in [-0.39, 0.29) is 28.8 Å². The number of halogens is 1. The number of carbonyl (C=O) groups is 1. The van der Waals surface area contributed by atoms with Crippen molar-refractivity contribution in [1.82, 2.24) is 0 Å². The summed E-state index contributed by atoms with van der Waals surface area (Å²) in [7, 11) is 0. The van der Waals surface area contributed by atoms with Gasteiger partial charge in [-0.2, -0.15) is 0 Å². The molecule has 1 aromatic carbocycles. The van der Waals surface area contributed by atoms with Crippen LogP contribution in [0.5, 0.6) is 0 Å². The summed E-state index contributed by atoms with van der Waals surface area (Å²) in [5.41, 5.74) is -0.166. The zero-order valence-electron chi connectivity index (χ0n) is 10.7. The number of carbonyl (C=O) groups excluding carboxylic acids is 1. The topological polar surface area (TPSA) is 78.7 Å². The fourth-order valence-electron chi connectivity index (χ4n) is 1.97. The van der Waals surface area contributed by atoms with Crippen LogP contribution < -0.4 is 0 Å². The second-order valence-corrected chi connectivity index (χ2v) is 4.98. The van der Waals surface area contributed by atoms with Crippen molar-refractivity contribution < 1.29 is 19.2 Å². The first-order chi connectivity index (χ1) is 9.58. The van der Waals surface area contributed by atoms with Crippen molar-refractivity contribution in [2.75, 3.05) is 19.8 Å². The lowest BCUT2D eigenvalue weighted by Gasteiger charge is -2.21. The maximum Gasteiger partial charge on any atom is 0.339 e. The van der Waals surface area contributed by atoms with Crippen LogP contribution in [0, 0.1) is 16.0 Å². The third-order valence-electron chi connectivity index (χ3n) is 3.17. The largest absolute Gasteiger partial charge is 0.462 e. The maximum absolute atomic E-state index is 11.9. The molecule has 0 amide bonds. The zero-order valence-corrected chi connectivity index (χ0v) is 11.5. The van der Waals surface area contributed by atoms with Crippen LogP contribution in [-0.4, -0.2) is 30.7 Å². The summed E-state index contributed by atoms with van der Waals surface area (Å²) >= 11 is 5.87. The second kappa shape index (κ2) is 6.67. The van der Waals surface area contributed by atoms with Gasteiger partial charge in [0.2, 0.25) is 0 Å². The summed E-state index contributed by atoms with van der Waals surface area (Å²) in [5.74, 6) is -0.365. The number of nitro groups is 1. The Morgan fingerprint density at radius 2 is 2.15 bits per heavy atom. The fourth-order valence-corrected chi connectivity index (χ4v) is 2.16. The van der Waals surface area contributed by atoms with Crippen molar-refractivity contribution in [3.63, 3.8) is 0 Å². The van der Waals surface area contributed by atoms with Gasteiger partial charge in [0, 0.05) is 25.3 Å². The van der Waals surface area contributed by atoms with Crippen LogP contribution >= 0.6 is 11.6 Å². The van der Waals surface area contributed by atoms with E-state index in [0.29, 0.717) is 13.2 Å². The number of non-ortho nitro benzene ring substituents is 1. The lowest BCUT2D eigenvalue weighted by molar-refractivity contribution is -0.384. The van der Waals surface area contributed by atoms with Gasteiger partial charge in [0.1, 0.15) is 0 Å². The molecule has 1 heterocycles. The van der Waals surface area contributed by atoms with Crippen LogP contribution in [0.25, 0.3) is 0 Å². The summed E-state index contributed by atoms with van der Waals surface area (Å²) in [6.07, 6.45) is 1.69. The SMILES string of the molecule is O=C(OCC1CCOCC1)c1cc([N+](=O)[O-])ccc1Cl. The molecular weight excluding hydrogens is 286 g/mol. The highest BCUT2D eigenvalue weighted by atomic mass is 35.5. The summed E-state index contributed by atoms with van der Waals surface area (Å²) < 4.78 is 10.4. The monoisotopic (exact) mass is 299 g/mol. The van der Waals surface area contributed by atoms with Gasteiger partial charge in [0.05, 0.1) is 22.1 Å². The first-order valence-corrected chi connectivity index (χ1v) is 6.64. The minimum absolute atomic E-state index is 0.0212. The fraction of sp³-hybridized carbons (Fsp3) is 0.462. The molecule has 0 atom stereocenters. The quantitative estimate of drug-likeness (QED) is 0.485. The average Bonchev–Trinajstić information content (AvgIpc) is 2.46. The molecule has 0 bridgehead atoms. The van der Waals surface area contributed by atoms with E-state index in [2.05, 4.69) is 0 Å². The van der Waals surface area contributed by atoms with E-state index < -0.39 is 10.9 Å². The molecule has 0 aromatic heterocycles. The number of nitrogens with zero attached hydrogens (tertiary/aromatic N) is 1. The number of rotatable bonds is 4. The molecule has 0 N–H and O–H groups in total. The van der Waals surface area contributed by atoms with Crippen molar-refractivity contribution >= 4 is 23.3 Å². The van der Waals surface area contributed by atoms with Crippen LogP contribution in [0.15, 0.2) is 18.2 Å². The minimum atomic E-state index is -0.634. The van der Waals surface area contributed by atoms with E-state index in [4.69, 9.17) is 21.1 Å². The van der Waals surface area contributed by atoms with Crippen LogP contribution in [0.4, 0.5) is 5.69 Å². The first-order valence-electron chi connectivity index (χ1n) is 6.26. The number of nitro benzene ring substituents is 1. The number of hydrogen-bond donors (Lipinski definition) is 0. The Labute approximate surface area is 120 Å². The van der Waals surface area contributed by atoms with Crippen molar-refractivity contribution in [2.45, 2.75) is 12.8 Å². The highest BCUT2D eigenvalue weighted by Gasteiger charge is 2.20. The van der Waals surface area contributed by atoms with E-state index in [9.17, 15) is 14.9 Å². The van der Waals surface area contributed by atoms with Crippen LogP contribution in [-0.2, 0) is 9.47 Å². The van der Waals surface area contributed by atoms with Crippen LogP contribution in [0.2, 0.25) is 5.02 Å². The minimum Gasteiger partial charge on any atom is -0.462 e. The Balaban J connectivity index is 2.00. The van der Waals surface area contributed by atoms with Gasteiger partial charge in [-0.25, -0.2) is 4.79 Å². The molecule has 7 heteroatoms. The third-order valence-corrected chi connectivity index (χ3v) is 3.50. The molecule has 1 fully saturated rings. The van der Waals surface area contributed by atoms with Crippen molar-refractivity contribution in [3.8, 4) is 0 Å². The predicted octanol–water partition coefficient (Wildman–Crippen LogP) is 2.83. The smallest absolute Gasteiger partial charge is 0.339 e. The molecule has 0 radical (unpaired) electrons. The molecule has 1 aliphatic rings. The van der Waals surface area contributed by atoms with Gasteiger partial charge in [-0.05, 0) is 24.8 Å². The van der Waals surface area contributed by atoms with Gasteiger partial charge in [-0.15, -0.1) is 0 Å². The van der Waals surface area contributed by atoms with Crippen molar-refractivity contribution in [3.05, 3.63) is 38.9 Å². The summed E-state index contributed by atoms with van der Waals surface area (Å²) in [6.45, 7) is 1.61. The van der Waals surface area contributed by atoms with Gasteiger partial charge in [0.15, 0.2) is 0 Å². The Kier molecular flexibility index (Phi) is 4.92. The lowest BCUT2D eigenvalue weighted by Crippen LogP contribution is -2.22. The van der Waals surface area contributed by atoms with Gasteiger partial charge in [-0.1, -0.05) is 11.6 Å². The molecule has 0 saturated carbocycles. The highest BCUT2D eigenvalue weighted by Crippen LogP contribution is 2.23. The standard InChI is InChI=1S/C13H14ClNO5/c14-12-2-1-10(15(17)18)7-11(12)13(16)20-8-9-3-5-19-6-4-9/h1-2,7,9H,3-6,8H2. The van der Waals surface area contributed by atoms with Crippen LogP contribution in [0.3, 0.4) is 0 Å². The summed E-state index contributed by atoms with van der Waals surface area (Å²) in [6, 6.07) is 3.71. The molecule has 20 heavy (non-hydrogen) atoms. The summed E-state index contributed by atoms with van der Waals surface area (Å²) in [5, 5.41) is 10.8. The molecule has 1 aliphatic heterocycles. The Bertz CT molecular complexity index is 513. The Morgan fingerprint density at radius 3 is 2.80 bits per heavy atom. The predicted molar refractivity (Wildman–Crippen MR) is 71.9 cm³/mol. The number of esters is 1. The van der Waals surface area contributed by atoms with E-state index in [1.807, 2.05) is 0 Å². The molecule has 6 nitrogen and oxygen atoms in total. The second-order valence-electron chi connectivity index (χ2n) is 4.58. The Morgan fingerprint density at radius 1 is 1.45 bits per heavy atom. The van der Waals surface area contributed by atoms with E-state index in [1.54, 1.807) is 0 Å². The average molecular weight is 300 g/mol. The molecule has 1 aromatic rings. The molecule has 2 rings (SSSR count). The van der Waals surface area contributed by atoms with E-state index in [0.717, 1.165) is 18.9 Å². The van der Waals surface area contributed by atoms with E-state index in [1.165, 1.54) is 12.1 Å². The summed E-state index contributed by atoms with van der Waals surface area (Å²) in [4.78, 5) is 22.0. The normalized spacial score (nSPS) is 15.8.